The second kappa shape index (κ2) is 13.9. The van der Waals surface area contributed by atoms with E-state index >= 15 is 0 Å². The first kappa shape index (κ1) is 37.6. The predicted molar refractivity (Wildman–Crippen MR) is 279 cm³/mol. The van der Waals surface area contributed by atoms with E-state index in [1.807, 2.05) is 11.3 Å². The van der Waals surface area contributed by atoms with Crippen LogP contribution in [0.15, 0.2) is 224 Å². The first-order valence-electron chi connectivity index (χ1n) is 23.1. The number of nitrogens with zero attached hydrogens (tertiary/aromatic N) is 1. The van der Waals surface area contributed by atoms with Gasteiger partial charge in [0.25, 0.3) is 0 Å². The molecule has 11 aromatic rings. The molecule has 3 aliphatic carbocycles. The Morgan fingerprint density at radius 2 is 0.818 bits per heavy atom. The van der Waals surface area contributed by atoms with Crippen molar-refractivity contribution < 1.29 is 0 Å². The molecule has 10 aromatic carbocycles. The third-order valence-corrected chi connectivity index (χ3v) is 16.2. The van der Waals surface area contributed by atoms with Crippen molar-refractivity contribution in [2.75, 3.05) is 4.90 Å². The summed E-state index contributed by atoms with van der Waals surface area (Å²) >= 11 is 1.91. The Kier molecular flexibility index (Phi) is 7.89. The molecule has 1 heterocycles. The minimum absolute atomic E-state index is 0.252. The van der Waals surface area contributed by atoms with Crippen LogP contribution >= 0.6 is 11.3 Å². The van der Waals surface area contributed by atoms with Gasteiger partial charge in [0, 0.05) is 42.6 Å². The Morgan fingerprint density at radius 3 is 1.45 bits per heavy atom. The van der Waals surface area contributed by atoms with E-state index in [1.165, 1.54) is 109 Å². The Balaban J connectivity index is 1.01. The highest BCUT2D eigenvalue weighted by atomic mass is 32.1. The quantitative estimate of drug-likeness (QED) is 0.167. The van der Waals surface area contributed by atoms with Crippen LogP contribution in [0.25, 0.3) is 75.8 Å². The average molecular weight is 858 g/mol. The molecular weight excluding hydrogens is 815 g/mol. The van der Waals surface area contributed by atoms with Gasteiger partial charge in [0.15, 0.2) is 0 Å². The SMILES string of the molecule is CC1(C)c2cc(N(c3ccc(-c4ccccc4)cc3)c3ccc4c(c3)C3(c5ccccc5-c5ccccc53)c3ccccc3-4)ccc2-c2c1cc1sc3ccccc3c1c2-c1ccccc1. The normalized spacial score (nSPS) is 14.2. The van der Waals surface area contributed by atoms with Crippen LogP contribution in [0.2, 0.25) is 0 Å². The van der Waals surface area contributed by atoms with E-state index in [0.717, 1.165) is 17.1 Å². The highest BCUT2D eigenvalue weighted by Crippen LogP contribution is 2.64. The maximum atomic E-state index is 2.51. The Morgan fingerprint density at radius 1 is 0.333 bits per heavy atom. The van der Waals surface area contributed by atoms with Crippen molar-refractivity contribution in [3.05, 3.63) is 258 Å². The van der Waals surface area contributed by atoms with E-state index < -0.39 is 5.41 Å². The average Bonchev–Trinajstić information content (AvgIpc) is 4.06. The number of anilines is 3. The van der Waals surface area contributed by atoms with E-state index in [4.69, 9.17) is 0 Å². The zero-order valence-corrected chi connectivity index (χ0v) is 37.5. The summed E-state index contributed by atoms with van der Waals surface area (Å²) in [4.78, 5) is 2.50. The molecule has 66 heavy (non-hydrogen) atoms. The summed E-state index contributed by atoms with van der Waals surface area (Å²) in [5.74, 6) is 0. The molecule has 0 radical (unpaired) electrons. The molecule has 0 saturated carbocycles. The largest absolute Gasteiger partial charge is 0.310 e. The van der Waals surface area contributed by atoms with E-state index in [1.54, 1.807) is 0 Å². The lowest BCUT2D eigenvalue weighted by atomic mass is 9.70. The molecule has 0 aliphatic heterocycles. The van der Waals surface area contributed by atoms with E-state index in [0.29, 0.717) is 0 Å². The standard InChI is InChI=1S/C64H43NS/c1-63(2)55-37-44(34-36-50(55)61-57(63)39-59-62(51-24-12-16-28-58(51)66-59)60(61)42-19-7-4-8-20-42)65(43-31-29-41(30-32-43)40-17-5-3-6-18-40)45-33-35-49-48-23-11-15-27-54(48)64(56(49)38-45)52-25-13-9-21-46(52)47-22-10-14-26-53(47)64/h3-39H,1-2H3. The van der Waals surface area contributed by atoms with Gasteiger partial charge in [-0.15, -0.1) is 11.3 Å². The van der Waals surface area contributed by atoms with Gasteiger partial charge in [-0.3, -0.25) is 0 Å². The van der Waals surface area contributed by atoms with Crippen LogP contribution in [0.4, 0.5) is 17.1 Å². The summed E-state index contributed by atoms with van der Waals surface area (Å²) < 4.78 is 2.68. The first-order valence-corrected chi connectivity index (χ1v) is 23.9. The molecule has 310 valence electrons. The number of thiophene rings is 1. The van der Waals surface area contributed by atoms with Crippen LogP contribution in [-0.2, 0) is 10.8 Å². The molecule has 1 spiro atoms. The molecular formula is C64H43NS. The van der Waals surface area contributed by atoms with Gasteiger partial charge in [-0.25, -0.2) is 0 Å². The maximum Gasteiger partial charge on any atom is 0.0726 e. The maximum absolute atomic E-state index is 2.51. The van der Waals surface area contributed by atoms with Crippen LogP contribution in [-0.4, -0.2) is 0 Å². The molecule has 14 rings (SSSR count). The fourth-order valence-corrected chi connectivity index (χ4v) is 13.4. The lowest BCUT2D eigenvalue weighted by molar-refractivity contribution is 0.661. The van der Waals surface area contributed by atoms with Crippen LogP contribution in [0.1, 0.15) is 47.2 Å². The van der Waals surface area contributed by atoms with Crippen molar-refractivity contribution in [3.8, 4) is 55.6 Å². The summed E-state index contributed by atoms with van der Waals surface area (Å²) in [5.41, 5.74) is 23.8. The summed E-state index contributed by atoms with van der Waals surface area (Å²) in [5, 5.41) is 2.69. The lowest BCUT2D eigenvalue weighted by Crippen LogP contribution is -2.26. The Bertz CT molecular complexity index is 3720. The van der Waals surface area contributed by atoms with Crippen molar-refractivity contribution in [3.63, 3.8) is 0 Å². The Hall–Kier alpha value is -7.78. The fraction of sp³-hybridized carbons (Fsp3) is 0.0625. The van der Waals surface area contributed by atoms with Crippen LogP contribution < -0.4 is 4.90 Å². The van der Waals surface area contributed by atoms with Crippen molar-refractivity contribution in [2.24, 2.45) is 0 Å². The zero-order valence-electron chi connectivity index (χ0n) is 36.7. The van der Waals surface area contributed by atoms with Crippen LogP contribution in [0, 0.1) is 0 Å². The number of fused-ring (bicyclic) bond motifs is 16. The summed E-state index contributed by atoms with van der Waals surface area (Å²) in [6.07, 6.45) is 0. The minimum Gasteiger partial charge on any atom is -0.310 e. The number of hydrogen-bond donors (Lipinski definition) is 0. The predicted octanol–water partition coefficient (Wildman–Crippen LogP) is 17.5. The summed E-state index contributed by atoms with van der Waals surface area (Å²) in [7, 11) is 0. The van der Waals surface area contributed by atoms with Gasteiger partial charge < -0.3 is 4.90 Å². The zero-order chi connectivity index (χ0) is 43.7. The van der Waals surface area contributed by atoms with E-state index in [-0.39, 0.29) is 5.41 Å². The topological polar surface area (TPSA) is 3.24 Å². The number of hydrogen-bond acceptors (Lipinski definition) is 2. The molecule has 1 aromatic heterocycles. The molecule has 0 fully saturated rings. The van der Waals surface area contributed by atoms with Crippen LogP contribution in [0.3, 0.4) is 0 Å². The van der Waals surface area contributed by atoms with Gasteiger partial charge >= 0.3 is 0 Å². The number of rotatable bonds is 5. The van der Waals surface area contributed by atoms with Crippen LogP contribution in [0.5, 0.6) is 0 Å². The van der Waals surface area contributed by atoms with Gasteiger partial charge in [0.05, 0.1) is 5.41 Å². The molecule has 0 bridgehead atoms. The monoisotopic (exact) mass is 857 g/mol. The second-order valence-electron chi connectivity index (χ2n) is 18.7. The molecule has 1 nitrogen and oxygen atoms in total. The fourth-order valence-electron chi connectivity index (χ4n) is 12.2. The number of benzene rings is 10. The molecule has 0 saturated heterocycles. The van der Waals surface area contributed by atoms with E-state index in [9.17, 15) is 0 Å². The highest BCUT2D eigenvalue weighted by Gasteiger charge is 2.51. The van der Waals surface area contributed by atoms with Crippen molar-refractivity contribution in [2.45, 2.75) is 24.7 Å². The third-order valence-electron chi connectivity index (χ3n) is 15.1. The third kappa shape index (κ3) is 5.05. The van der Waals surface area contributed by atoms with Crippen molar-refractivity contribution >= 4 is 48.6 Å². The first-order chi connectivity index (χ1) is 32.5. The van der Waals surface area contributed by atoms with Gasteiger partial charge in [-0.05, 0) is 138 Å². The van der Waals surface area contributed by atoms with Crippen molar-refractivity contribution in [1.29, 1.82) is 0 Å². The summed E-state index contributed by atoms with van der Waals surface area (Å²) in [6, 6.07) is 84.2. The molecule has 3 aliphatic rings. The lowest BCUT2D eigenvalue weighted by Gasteiger charge is -2.32. The van der Waals surface area contributed by atoms with Gasteiger partial charge in [-0.2, -0.15) is 0 Å². The molecule has 0 amide bonds. The van der Waals surface area contributed by atoms with Gasteiger partial charge in [0.2, 0.25) is 0 Å². The van der Waals surface area contributed by atoms with Crippen molar-refractivity contribution in [1.82, 2.24) is 0 Å². The summed E-state index contributed by atoms with van der Waals surface area (Å²) in [6.45, 7) is 4.86. The Labute approximate surface area is 389 Å². The van der Waals surface area contributed by atoms with Gasteiger partial charge in [-0.1, -0.05) is 190 Å². The smallest absolute Gasteiger partial charge is 0.0726 e. The molecule has 0 atom stereocenters. The minimum atomic E-state index is -0.440. The van der Waals surface area contributed by atoms with E-state index in [2.05, 4.69) is 243 Å². The highest BCUT2D eigenvalue weighted by molar-refractivity contribution is 7.26. The molecule has 2 heteroatoms. The molecule has 0 unspecified atom stereocenters. The van der Waals surface area contributed by atoms with Gasteiger partial charge in [0.1, 0.15) is 0 Å². The second-order valence-corrected chi connectivity index (χ2v) is 19.8. The molecule has 0 N–H and O–H groups in total.